The Morgan fingerprint density at radius 3 is 2.20 bits per heavy atom. The molecule has 5 aromatic rings. The van der Waals surface area contributed by atoms with Gasteiger partial charge in [-0.25, -0.2) is 0 Å². The number of carbonyl (C=O) groups is 1. The van der Waals surface area contributed by atoms with Gasteiger partial charge in [0.15, 0.2) is 23.0 Å². The quantitative estimate of drug-likeness (QED) is 0.364. The van der Waals surface area contributed by atoms with E-state index in [2.05, 4.69) is 0 Å². The first-order chi connectivity index (χ1) is 17.1. The Kier molecular flexibility index (Phi) is 3.33. The molecule has 0 aliphatic carbocycles. The number of hydrogen-bond donors (Lipinski definition) is 0. The highest BCUT2D eigenvalue weighted by Gasteiger charge is 2.37. The summed E-state index contributed by atoms with van der Waals surface area (Å²) in [6.07, 6.45) is 0. The maximum atomic E-state index is 14.2. The minimum Gasteiger partial charge on any atom is -0.454 e. The van der Waals surface area contributed by atoms with Crippen LogP contribution in [0.3, 0.4) is 0 Å². The molecule has 2 aromatic heterocycles. The Morgan fingerprint density at radius 2 is 1.46 bits per heavy atom. The van der Waals surface area contributed by atoms with Gasteiger partial charge in [-0.3, -0.25) is 14.2 Å². The molecule has 8 heteroatoms. The fourth-order valence-corrected chi connectivity index (χ4v) is 5.52. The first-order valence-corrected chi connectivity index (χ1v) is 11.2. The lowest BCUT2D eigenvalue weighted by Gasteiger charge is -2.12. The van der Waals surface area contributed by atoms with Crippen molar-refractivity contribution in [1.29, 1.82) is 0 Å². The molecule has 8 nitrogen and oxygen atoms in total. The van der Waals surface area contributed by atoms with Gasteiger partial charge in [0, 0.05) is 30.0 Å². The summed E-state index contributed by atoms with van der Waals surface area (Å²) in [5.41, 5.74) is 3.77. The summed E-state index contributed by atoms with van der Waals surface area (Å²) in [4.78, 5) is 28.1. The summed E-state index contributed by atoms with van der Waals surface area (Å²) in [6, 6.07) is 16.7. The summed E-state index contributed by atoms with van der Waals surface area (Å²) < 4.78 is 25.8. The fourth-order valence-electron chi connectivity index (χ4n) is 5.52. The summed E-state index contributed by atoms with van der Waals surface area (Å²) in [5.74, 6) is 2.04. The summed E-state index contributed by atoms with van der Waals surface area (Å²) in [5, 5.41) is 1.54. The third-order valence-corrected chi connectivity index (χ3v) is 7.06. The van der Waals surface area contributed by atoms with E-state index in [0.29, 0.717) is 56.4 Å². The maximum Gasteiger partial charge on any atom is 0.264 e. The van der Waals surface area contributed by atoms with Crippen LogP contribution in [0.25, 0.3) is 38.6 Å². The summed E-state index contributed by atoms with van der Waals surface area (Å²) in [6.45, 7) is 0.232. The van der Waals surface area contributed by atoms with Gasteiger partial charge >= 0.3 is 0 Å². The van der Waals surface area contributed by atoms with Crippen LogP contribution in [-0.4, -0.2) is 28.5 Å². The Bertz CT molecular complexity index is 1850. The van der Waals surface area contributed by atoms with Crippen molar-refractivity contribution in [3.05, 3.63) is 76.2 Å². The number of nitrogens with zero attached hydrogens (tertiary/aromatic N) is 2. The van der Waals surface area contributed by atoms with Crippen LogP contribution < -0.4 is 24.5 Å². The highest BCUT2D eigenvalue weighted by molar-refractivity contribution is 6.26. The van der Waals surface area contributed by atoms with E-state index in [0.717, 1.165) is 16.5 Å². The molecule has 0 N–H and O–H groups in total. The Labute approximate surface area is 197 Å². The predicted molar refractivity (Wildman–Crippen MR) is 127 cm³/mol. The van der Waals surface area contributed by atoms with Crippen LogP contribution in [0.5, 0.6) is 23.0 Å². The largest absolute Gasteiger partial charge is 0.454 e. The molecule has 0 fully saturated rings. The Balaban J connectivity index is 1.60. The number of hydrogen-bond acceptors (Lipinski definition) is 6. The molecular weight excluding hydrogens is 448 g/mol. The molecule has 170 valence electrons. The van der Waals surface area contributed by atoms with Gasteiger partial charge in [0.25, 0.3) is 5.56 Å². The van der Waals surface area contributed by atoms with Crippen molar-refractivity contribution in [1.82, 2.24) is 9.13 Å². The molecule has 8 rings (SSSR count). The first-order valence-electron chi connectivity index (χ1n) is 11.2. The molecule has 35 heavy (non-hydrogen) atoms. The molecule has 3 aromatic carbocycles. The third kappa shape index (κ3) is 2.21. The number of pyridine rings is 1. The van der Waals surface area contributed by atoms with Crippen molar-refractivity contribution < 1.29 is 23.7 Å². The van der Waals surface area contributed by atoms with Gasteiger partial charge in [-0.1, -0.05) is 30.3 Å². The predicted octanol–water partition coefficient (Wildman–Crippen LogP) is 4.15. The molecule has 0 radical (unpaired) electrons. The second kappa shape index (κ2) is 6.24. The number of carbonyl (C=O) groups excluding carboxylic acids is 1. The monoisotopic (exact) mass is 464 g/mol. The van der Waals surface area contributed by atoms with Crippen molar-refractivity contribution in [3.8, 4) is 39.8 Å². The number of aromatic nitrogens is 2. The van der Waals surface area contributed by atoms with Crippen molar-refractivity contribution in [3.63, 3.8) is 0 Å². The second-order valence-corrected chi connectivity index (χ2v) is 8.79. The lowest BCUT2D eigenvalue weighted by Crippen LogP contribution is -2.22. The number of rotatable bonds is 1. The lowest BCUT2D eigenvalue weighted by molar-refractivity contribution is 0.104. The van der Waals surface area contributed by atoms with Gasteiger partial charge in [-0.2, -0.15) is 0 Å². The van der Waals surface area contributed by atoms with Crippen LogP contribution in [0.15, 0.2) is 59.4 Å². The van der Waals surface area contributed by atoms with Crippen LogP contribution in [0.1, 0.15) is 16.1 Å². The van der Waals surface area contributed by atoms with Crippen molar-refractivity contribution in [2.45, 2.75) is 0 Å². The maximum absolute atomic E-state index is 14.2. The minimum absolute atomic E-state index is 0.0838. The van der Waals surface area contributed by atoms with Gasteiger partial charge in [-0.15, -0.1) is 0 Å². The number of fused-ring (bicyclic) bond motifs is 9. The van der Waals surface area contributed by atoms with Crippen molar-refractivity contribution in [2.24, 2.45) is 7.05 Å². The zero-order chi connectivity index (χ0) is 23.4. The number of ketones is 1. The van der Waals surface area contributed by atoms with Crippen LogP contribution in [-0.2, 0) is 7.05 Å². The highest BCUT2D eigenvalue weighted by atomic mass is 16.7. The standard InChI is InChI=1S/C27H16N2O6/c1-28-16-9-20-18(32-11-34-20)7-14(16)23-22(13-5-3-2-4-6-13)27(31)29-17-10-21-19(33-12-35-21)8-15(17)26(30)25(29)24(23)28/h2-10H,11-12H2,1H3. The molecule has 0 amide bonds. The highest BCUT2D eigenvalue weighted by Crippen LogP contribution is 2.46. The van der Waals surface area contributed by atoms with Gasteiger partial charge in [-0.05, 0) is 17.7 Å². The van der Waals surface area contributed by atoms with Crippen LogP contribution in [0.4, 0.5) is 0 Å². The number of benzene rings is 3. The number of aryl methyl sites for hydroxylation is 1. The molecule has 3 aliphatic heterocycles. The van der Waals surface area contributed by atoms with Crippen molar-refractivity contribution >= 4 is 27.6 Å². The van der Waals surface area contributed by atoms with E-state index in [1.807, 2.05) is 54.1 Å². The SMILES string of the molecule is Cn1c2cc3c(cc2c2c(-c4ccccc4)c(=O)n4c(c21)C(=O)c1cc2c(cc1-4)OCO2)OCO3. The van der Waals surface area contributed by atoms with E-state index in [4.69, 9.17) is 18.9 Å². The molecule has 0 bridgehead atoms. The van der Waals surface area contributed by atoms with E-state index in [1.54, 1.807) is 12.1 Å². The molecule has 0 saturated carbocycles. The molecule has 0 spiro atoms. The minimum atomic E-state index is -0.269. The van der Waals surface area contributed by atoms with E-state index in [1.165, 1.54) is 4.57 Å². The van der Waals surface area contributed by atoms with Crippen molar-refractivity contribution in [2.75, 3.05) is 13.6 Å². The Hall–Kier alpha value is -4.72. The topological polar surface area (TPSA) is 80.9 Å². The molecule has 0 unspecified atom stereocenters. The zero-order valence-electron chi connectivity index (χ0n) is 18.5. The average molecular weight is 464 g/mol. The Morgan fingerprint density at radius 1 is 0.800 bits per heavy atom. The van der Waals surface area contributed by atoms with Gasteiger partial charge in [0.1, 0.15) is 5.69 Å². The van der Waals surface area contributed by atoms with E-state index in [-0.39, 0.29) is 24.9 Å². The fraction of sp³-hybridized carbons (Fsp3) is 0.111. The van der Waals surface area contributed by atoms with Crippen LogP contribution in [0, 0.1) is 0 Å². The molecule has 0 atom stereocenters. The van der Waals surface area contributed by atoms with Crippen LogP contribution >= 0.6 is 0 Å². The smallest absolute Gasteiger partial charge is 0.264 e. The first kappa shape index (κ1) is 18.7. The second-order valence-electron chi connectivity index (χ2n) is 8.79. The molecular formula is C27H16N2O6. The average Bonchev–Trinajstić information content (AvgIpc) is 3.64. The summed E-state index contributed by atoms with van der Waals surface area (Å²) >= 11 is 0. The van der Waals surface area contributed by atoms with E-state index >= 15 is 0 Å². The van der Waals surface area contributed by atoms with E-state index < -0.39 is 0 Å². The molecule has 0 saturated heterocycles. The van der Waals surface area contributed by atoms with Gasteiger partial charge < -0.3 is 23.5 Å². The molecule has 5 heterocycles. The van der Waals surface area contributed by atoms with E-state index in [9.17, 15) is 9.59 Å². The molecule has 3 aliphatic rings. The van der Waals surface area contributed by atoms with Crippen LogP contribution in [0.2, 0.25) is 0 Å². The van der Waals surface area contributed by atoms with Gasteiger partial charge in [0.05, 0.1) is 27.8 Å². The summed E-state index contributed by atoms with van der Waals surface area (Å²) in [7, 11) is 1.90. The lowest BCUT2D eigenvalue weighted by atomic mass is 9.99. The third-order valence-electron chi connectivity index (χ3n) is 7.06. The normalized spacial score (nSPS) is 14.7. The van der Waals surface area contributed by atoms with Gasteiger partial charge in [0.2, 0.25) is 19.4 Å². The number of ether oxygens (including phenoxy) is 4. The zero-order valence-corrected chi connectivity index (χ0v) is 18.5.